The van der Waals surface area contributed by atoms with Crippen molar-refractivity contribution in [1.29, 1.82) is 0 Å². The Kier molecular flexibility index (Phi) is 32.5. The topological polar surface area (TPSA) is 6.48 Å². The van der Waals surface area contributed by atoms with Crippen LogP contribution in [0.4, 0.5) is 11.4 Å². The molecule has 0 spiro atoms. The van der Waals surface area contributed by atoms with Crippen molar-refractivity contribution in [3.8, 4) is 0 Å². The van der Waals surface area contributed by atoms with Gasteiger partial charge in [0.25, 0.3) is 0 Å². The van der Waals surface area contributed by atoms with Gasteiger partial charge in [0.2, 0.25) is 0 Å². The van der Waals surface area contributed by atoms with E-state index in [2.05, 4.69) is 86.0 Å². The van der Waals surface area contributed by atoms with Gasteiger partial charge in [0.15, 0.2) is 0 Å². The minimum atomic E-state index is 1.02. The van der Waals surface area contributed by atoms with Gasteiger partial charge < -0.3 is 9.80 Å². The van der Waals surface area contributed by atoms with Crippen LogP contribution in [0.2, 0.25) is 0 Å². The summed E-state index contributed by atoms with van der Waals surface area (Å²) in [6.07, 6.45) is 45.6. The van der Waals surface area contributed by atoms with Gasteiger partial charge in [-0.25, -0.2) is 0 Å². The average molecular weight is 759 g/mol. The minimum Gasteiger partial charge on any atom is -0.372 e. The first kappa shape index (κ1) is 49.2. The number of nitrogens with zero attached hydrogens (tertiary/aromatic N) is 2. The summed E-state index contributed by atoms with van der Waals surface area (Å²) < 4.78 is 0. The van der Waals surface area contributed by atoms with Crippen LogP contribution in [0.3, 0.4) is 0 Å². The fourth-order valence-corrected chi connectivity index (χ4v) is 8.37. The zero-order chi connectivity index (χ0) is 39.3. The minimum absolute atomic E-state index is 1.02. The Morgan fingerprint density at radius 3 is 0.673 bits per heavy atom. The second kappa shape index (κ2) is 36.4. The molecule has 0 saturated heterocycles. The predicted molar refractivity (Wildman–Crippen MR) is 251 cm³/mol. The molecule has 2 aromatic carbocycles. The van der Waals surface area contributed by atoms with Crippen LogP contribution in [0.25, 0.3) is 0 Å². The Labute approximate surface area is 345 Å². The first-order valence-corrected chi connectivity index (χ1v) is 24.9. The van der Waals surface area contributed by atoms with E-state index >= 15 is 0 Å². The van der Waals surface area contributed by atoms with E-state index in [1.165, 1.54) is 254 Å². The van der Waals surface area contributed by atoms with Crippen LogP contribution < -0.4 is 9.80 Å². The second-order valence-electron chi connectivity index (χ2n) is 17.4. The summed E-state index contributed by atoms with van der Waals surface area (Å²) >= 11 is 0. The maximum Gasteiger partial charge on any atom is 0.0366 e. The van der Waals surface area contributed by atoms with Crippen LogP contribution in [0.1, 0.15) is 244 Å². The van der Waals surface area contributed by atoms with Crippen molar-refractivity contribution in [3.63, 3.8) is 0 Å². The summed E-state index contributed by atoms with van der Waals surface area (Å²) in [5, 5.41) is 0. The molecule has 0 N–H and O–H groups in total. The van der Waals surface area contributed by atoms with Gasteiger partial charge in [0.05, 0.1) is 0 Å². The summed E-state index contributed by atoms with van der Waals surface area (Å²) in [6.45, 7) is 14.1. The van der Waals surface area contributed by atoms with Gasteiger partial charge in [-0.2, -0.15) is 0 Å². The van der Waals surface area contributed by atoms with Crippen molar-refractivity contribution in [1.82, 2.24) is 0 Å². The third-order valence-electron chi connectivity index (χ3n) is 12.1. The summed E-state index contributed by atoms with van der Waals surface area (Å²) in [5.74, 6) is 0. The molecule has 0 atom stereocenters. The van der Waals surface area contributed by atoms with Crippen molar-refractivity contribution in [2.24, 2.45) is 0 Å². The van der Waals surface area contributed by atoms with Gasteiger partial charge in [-0.1, -0.05) is 232 Å². The number of unbranched alkanes of at least 4 members (excludes halogenated alkanes) is 28. The van der Waals surface area contributed by atoms with Crippen LogP contribution in [0.5, 0.6) is 0 Å². The average Bonchev–Trinajstić information content (AvgIpc) is 3.21. The zero-order valence-electron chi connectivity index (χ0n) is 37.7. The quantitative estimate of drug-likeness (QED) is 0.0625. The molecular weight excluding hydrogens is 665 g/mol. The normalized spacial score (nSPS) is 11.4. The molecule has 2 aromatic rings. The maximum atomic E-state index is 2.70. The Balaban J connectivity index is 1.89. The number of hydrogen-bond acceptors (Lipinski definition) is 2. The number of anilines is 2. The van der Waals surface area contributed by atoms with Gasteiger partial charge in [-0.15, -0.1) is 0 Å². The molecule has 0 unspecified atom stereocenters. The molecule has 2 nitrogen and oxygen atoms in total. The Hall–Kier alpha value is -1.96. The molecule has 0 aliphatic carbocycles. The van der Waals surface area contributed by atoms with Crippen molar-refractivity contribution >= 4 is 11.4 Å². The lowest BCUT2D eigenvalue weighted by Crippen LogP contribution is -2.25. The molecule has 0 fully saturated rings. The molecule has 0 saturated carbocycles. The molecule has 0 heterocycles. The van der Waals surface area contributed by atoms with Crippen LogP contribution in [0, 0.1) is 0 Å². The summed E-state index contributed by atoms with van der Waals surface area (Å²) in [5.41, 5.74) is 5.73. The van der Waals surface area contributed by atoms with E-state index in [0.717, 1.165) is 6.42 Å². The van der Waals surface area contributed by atoms with Crippen molar-refractivity contribution in [3.05, 3.63) is 59.7 Å². The van der Waals surface area contributed by atoms with Crippen LogP contribution in [0.15, 0.2) is 48.5 Å². The highest BCUT2D eigenvalue weighted by molar-refractivity contribution is 5.50. The molecule has 0 radical (unpaired) electrons. The molecular formula is C53H94N2. The highest BCUT2D eigenvalue weighted by Crippen LogP contribution is 2.23. The van der Waals surface area contributed by atoms with Crippen molar-refractivity contribution < 1.29 is 0 Å². The second-order valence-corrected chi connectivity index (χ2v) is 17.4. The van der Waals surface area contributed by atoms with E-state index in [1.807, 2.05) is 0 Å². The van der Waals surface area contributed by atoms with Crippen LogP contribution >= 0.6 is 0 Å². The highest BCUT2D eigenvalue weighted by atomic mass is 15.1. The lowest BCUT2D eigenvalue weighted by molar-refractivity contribution is 0.549. The van der Waals surface area contributed by atoms with Gasteiger partial charge in [-0.05, 0) is 67.5 Å². The SMILES string of the molecule is CCCCCCCCCCCCN(CCCCCCCC)c1ccc(Cc2ccc(N(CCCCCCCC)CCCCCCCCCCCC)cc2)cc1. The first-order valence-electron chi connectivity index (χ1n) is 24.9. The standard InChI is InChI=1S/C53H94N2/c1-5-9-13-17-21-23-25-27-31-35-47-54(45-33-29-19-15-11-7-3)52-41-37-50(38-42-52)49-51-39-43-53(44-40-51)55(46-34-30-20-16-12-8-4)48-36-32-28-26-24-22-18-14-10-6-2/h37-44H,5-36,45-49H2,1-4H3. The number of hydrogen-bond donors (Lipinski definition) is 0. The molecule has 55 heavy (non-hydrogen) atoms. The largest absolute Gasteiger partial charge is 0.372 e. The molecule has 2 rings (SSSR count). The van der Waals surface area contributed by atoms with E-state index in [9.17, 15) is 0 Å². The Morgan fingerprint density at radius 2 is 0.455 bits per heavy atom. The summed E-state index contributed by atoms with van der Waals surface area (Å²) in [6, 6.07) is 19.3. The van der Waals surface area contributed by atoms with Crippen molar-refractivity contribution in [2.75, 3.05) is 36.0 Å². The molecule has 0 bridgehead atoms. The van der Waals surface area contributed by atoms with Crippen LogP contribution in [-0.2, 0) is 6.42 Å². The third kappa shape index (κ3) is 26.6. The Morgan fingerprint density at radius 1 is 0.255 bits per heavy atom. The summed E-state index contributed by atoms with van der Waals surface area (Å²) in [7, 11) is 0. The van der Waals surface area contributed by atoms with Gasteiger partial charge >= 0.3 is 0 Å². The van der Waals surface area contributed by atoms with Crippen LogP contribution in [-0.4, -0.2) is 26.2 Å². The highest BCUT2D eigenvalue weighted by Gasteiger charge is 2.10. The number of benzene rings is 2. The van der Waals surface area contributed by atoms with E-state index in [0.29, 0.717) is 0 Å². The maximum absolute atomic E-state index is 2.70. The van der Waals surface area contributed by atoms with Gasteiger partial charge in [-0.3, -0.25) is 0 Å². The number of rotatable bonds is 40. The molecule has 0 aliphatic heterocycles. The monoisotopic (exact) mass is 759 g/mol. The smallest absolute Gasteiger partial charge is 0.0366 e. The van der Waals surface area contributed by atoms with E-state index < -0.39 is 0 Å². The summed E-state index contributed by atoms with van der Waals surface area (Å²) in [4.78, 5) is 5.41. The molecule has 0 aliphatic rings. The fraction of sp³-hybridized carbons (Fsp3) is 0.774. The van der Waals surface area contributed by atoms with Gasteiger partial charge in [0.1, 0.15) is 0 Å². The Bertz CT molecular complexity index is 973. The molecule has 0 aromatic heterocycles. The van der Waals surface area contributed by atoms with E-state index in [1.54, 1.807) is 0 Å². The zero-order valence-corrected chi connectivity index (χ0v) is 37.7. The van der Waals surface area contributed by atoms with Gasteiger partial charge in [0, 0.05) is 37.6 Å². The fourth-order valence-electron chi connectivity index (χ4n) is 8.37. The predicted octanol–water partition coefficient (Wildman–Crippen LogP) is 17.5. The van der Waals surface area contributed by atoms with Crippen molar-refractivity contribution in [2.45, 2.75) is 240 Å². The molecule has 2 heteroatoms. The third-order valence-corrected chi connectivity index (χ3v) is 12.1. The molecule has 316 valence electrons. The first-order chi connectivity index (χ1) is 27.2. The van der Waals surface area contributed by atoms with E-state index in [4.69, 9.17) is 0 Å². The lowest BCUT2D eigenvalue weighted by Gasteiger charge is -2.26. The molecule has 0 amide bonds. The lowest BCUT2D eigenvalue weighted by atomic mass is 10.0. The van der Waals surface area contributed by atoms with E-state index in [-0.39, 0.29) is 0 Å².